The largest absolute Gasteiger partial charge is 0.298 e. The van der Waals surface area contributed by atoms with E-state index < -0.39 is 4.92 Å². The van der Waals surface area contributed by atoms with E-state index in [2.05, 4.69) is 10.3 Å². The molecule has 27 heavy (non-hydrogen) atoms. The number of carbonyl (C=O) groups excluding carboxylic acids is 1. The van der Waals surface area contributed by atoms with Crippen molar-refractivity contribution in [3.05, 3.63) is 82.4 Å². The number of amides is 1. The molecular formula is C20H13N3O3S. The maximum atomic E-state index is 12.2. The molecule has 6 nitrogen and oxygen atoms in total. The zero-order chi connectivity index (χ0) is 18.8. The maximum Gasteiger partial charge on any atom is 0.269 e. The number of non-ortho nitro benzene ring substituents is 1. The Labute approximate surface area is 157 Å². The first-order valence-electron chi connectivity index (χ1n) is 8.12. The van der Waals surface area contributed by atoms with Crippen molar-refractivity contribution in [1.29, 1.82) is 0 Å². The molecule has 0 aliphatic rings. The predicted molar refractivity (Wildman–Crippen MR) is 108 cm³/mol. The van der Waals surface area contributed by atoms with Crippen molar-refractivity contribution >= 4 is 55.1 Å². The summed E-state index contributed by atoms with van der Waals surface area (Å²) in [7, 11) is 0. The zero-order valence-electron chi connectivity index (χ0n) is 14.0. The van der Waals surface area contributed by atoms with Gasteiger partial charge in [-0.1, -0.05) is 41.7 Å². The molecule has 0 spiro atoms. The molecule has 0 unspecified atom stereocenters. The van der Waals surface area contributed by atoms with E-state index in [4.69, 9.17) is 0 Å². The van der Waals surface area contributed by atoms with Crippen molar-refractivity contribution in [2.45, 2.75) is 0 Å². The standard InChI is InChI=1S/C20H13N3O3S/c24-18(12-7-13-5-9-15(10-6-13)23(25)26)22-20-21-17-11-8-14-3-1-2-4-16(14)19(17)27-20/h1-12H,(H,21,22,24)/b12-7+. The van der Waals surface area contributed by atoms with Crippen LogP contribution in [0.5, 0.6) is 0 Å². The number of thiazole rings is 1. The summed E-state index contributed by atoms with van der Waals surface area (Å²) in [4.78, 5) is 26.8. The van der Waals surface area contributed by atoms with Crippen LogP contribution in [0.2, 0.25) is 0 Å². The minimum atomic E-state index is -0.461. The van der Waals surface area contributed by atoms with Crippen molar-refractivity contribution < 1.29 is 9.72 Å². The number of nitrogens with zero attached hydrogens (tertiary/aromatic N) is 2. The highest BCUT2D eigenvalue weighted by Crippen LogP contribution is 2.32. The smallest absolute Gasteiger partial charge is 0.269 e. The molecule has 132 valence electrons. The van der Waals surface area contributed by atoms with Gasteiger partial charge in [-0.15, -0.1) is 0 Å². The van der Waals surface area contributed by atoms with Crippen LogP contribution in [0.15, 0.2) is 66.7 Å². The van der Waals surface area contributed by atoms with Crippen LogP contribution in [-0.4, -0.2) is 15.8 Å². The monoisotopic (exact) mass is 375 g/mol. The van der Waals surface area contributed by atoms with Gasteiger partial charge in [0.1, 0.15) is 0 Å². The minimum Gasteiger partial charge on any atom is -0.298 e. The second-order valence-electron chi connectivity index (χ2n) is 5.83. The average Bonchev–Trinajstić information content (AvgIpc) is 3.09. The highest BCUT2D eigenvalue weighted by atomic mass is 32.1. The third kappa shape index (κ3) is 3.54. The molecule has 0 atom stereocenters. The quantitative estimate of drug-likeness (QED) is 0.309. The lowest BCUT2D eigenvalue weighted by atomic mass is 10.1. The number of nitro benzene ring substituents is 1. The summed E-state index contributed by atoms with van der Waals surface area (Å²) in [5.74, 6) is -0.309. The second kappa shape index (κ2) is 6.97. The van der Waals surface area contributed by atoms with Crippen molar-refractivity contribution in [3.63, 3.8) is 0 Å². The fourth-order valence-corrected chi connectivity index (χ4v) is 3.74. The number of fused-ring (bicyclic) bond motifs is 3. The van der Waals surface area contributed by atoms with Crippen molar-refractivity contribution in [2.24, 2.45) is 0 Å². The molecule has 0 aliphatic heterocycles. The molecule has 4 rings (SSSR count). The lowest BCUT2D eigenvalue weighted by molar-refractivity contribution is -0.384. The summed E-state index contributed by atoms with van der Waals surface area (Å²) in [5, 5.41) is 16.2. The van der Waals surface area contributed by atoms with Crippen LogP contribution >= 0.6 is 11.3 Å². The van der Waals surface area contributed by atoms with Gasteiger partial charge in [-0.05, 0) is 35.2 Å². The average molecular weight is 375 g/mol. The van der Waals surface area contributed by atoms with E-state index in [1.165, 1.54) is 29.5 Å². The lowest BCUT2D eigenvalue weighted by Gasteiger charge is -1.96. The Balaban J connectivity index is 1.52. The van der Waals surface area contributed by atoms with E-state index in [0.717, 1.165) is 21.0 Å². The van der Waals surface area contributed by atoms with E-state index in [0.29, 0.717) is 10.7 Å². The van der Waals surface area contributed by atoms with Gasteiger partial charge in [0.2, 0.25) is 5.91 Å². The molecule has 0 fully saturated rings. The Morgan fingerprint density at radius 1 is 1.07 bits per heavy atom. The molecule has 1 N–H and O–H groups in total. The van der Waals surface area contributed by atoms with Gasteiger partial charge >= 0.3 is 0 Å². The Kier molecular flexibility index (Phi) is 4.35. The maximum absolute atomic E-state index is 12.2. The molecule has 3 aromatic carbocycles. The van der Waals surface area contributed by atoms with Gasteiger partial charge in [-0.2, -0.15) is 0 Å². The van der Waals surface area contributed by atoms with E-state index in [1.54, 1.807) is 18.2 Å². The number of anilines is 1. The molecule has 1 amide bonds. The van der Waals surface area contributed by atoms with E-state index in [9.17, 15) is 14.9 Å². The predicted octanol–water partition coefficient (Wildman–Crippen LogP) is 5.01. The van der Waals surface area contributed by atoms with E-state index in [1.807, 2.05) is 36.4 Å². The van der Waals surface area contributed by atoms with Crippen LogP contribution in [-0.2, 0) is 4.79 Å². The van der Waals surface area contributed by atoms with Gasteiger partial charge < -0.3 is 0 Å². The third-order valence-electron chi connectivity index (χ3n) is 4.04. The first kappa shape index (κ1) is 16.9. The van der Waals surface area contributed by atoms with Gasteiger partial charge in [0.05, 0.1) is 15.1 Å². The van der Waals surface area contributed by atoms with Gasteiger partial charge in [0.15, 0.2) is 5.13 Å². The Hall–Kier alpha value is -3.58. The Morgan fingerprint density at radius 3 is 2.63 bits per heavy atom. The number of carbonyl (C=O) groups is 1. The highest BCUT2D eigenvalue weighted by molar-refractivity contribution is 7.23. The number of hydrogen-bond donors (Lipinski definition) is 1. The molecule has 0 radical (unpaired) electrons. The normalized spacial score (nSPS) is 11.3. The fourth-order valence-electron chi connectivity index (χ4n) is 2.74. The zero-order valence-corrected chi connectivity index (χ0v) is 14.8. The third-order valence-corrected chi connectivity index (χ3v) is 5.06. The fraction of sp³-hybridized carbons (Fsp3) is 0. The number of nitro groups is 1. The molecule has 1 heterocycles. The molecule has 4 aromatic rings. The van der Waals surface area contributed by atoms with Gasteiger partial charge in [0.25, 0.3) is 5.69 Å². The summed E-state index contributed by atoms with van der Waals surface area (Å²) in [6.45, 7) is 0. The summed E-state index contributed by atoms with van der Waals surface area (Å²) >= 11 is 1.43. The second-order valence-corrected chi connectivity index (χ2v) is 6.82. The highest BCUT2D eigenvalue weighted by Gasteiger charge is 2.09. The van der Waals surface area contributed by atoms with E-state index in [-0.39, 0.29) is 11.6 Å². The Morgan fingerprint density at radius 2 is 1.85 bits per heavy atom. The number of benzene rings is 3. The van der Waals surface area contributed by atoms with Crippen LogP contribution in [0.3, 0.4) is 0 Å². The number of nitrogens with one attached hydrogen (secondary N) is 1. The summed E-state index contributed by atoms with van der Waals surface area (Å²) in [6.07, 6.45) is 2.98. The van der Waals surface area contributed by atoms with Crippen molar-refractivity contribution in [1.82, 2.24) is 4.98 Å². The Bertz CT molecular complexity index is 1200. The van der Waals surface area contributed by atoms with Crippen LogP contribution in [0, 0.1) is 10.1 Å². The summed E-state index contributed by atoms with van der Waals surface area (Å²) in [6, 6.07) is 18.0. The summed E-state index contributed by atoms with van der Waals surface area (Å²) < 4.78 is 1.03. The van der Waals surface area contributed by atoms with Crippen molar-refractivity contribution in [2.75, 3.05) is 5.32 Å². The molecule has 7 heteroatoms. The first-order valence-corrected chi connectivity index (χ1v) is 8.93. The molecule has 1 aromatic heterocycles. The van der Waals surface area contributed by atoms with Gasteiger partial charge in [-0.3, -0.25) is 20.2 Å². The van der Waals surface area contributed by atoms with Crippen LogP contribution in [0.4, 0.5) is 10.8 Å². The summed E-state index contributed by atoms with van der Waals surface area (Å²) in [5.41, 5.74) is 1.55. The van der Waals surface area contributed by atoms with Crippen LogP contribution < -0.4 is 5.32 Å². The molecular weight excluding hydrogens is 362 g/mol. The molecule has 0 saturated carbocycles. The lowest BCUT2D eigenvalue weighted by Crippen LogP contribution is -2.07. The van der Waals surface area contributed by atoms with Crippen LogP contribution in [0.1, 0.15) is 5.56 Å². The molecule has 0 saturated heterocycles. The van der Waals surface area contributed by atoms with Gasteiger partial charge in [-0.25, -0.2) is 4.98 Å². The molecule has 0 bridgehead atoms. The number of rotatable bonds is 4. The first-order chi connectivity index (χ1) is 13.1. The number of aromatic nitrogens is 1. The number of hydrogen-bond acceptors (Lipinski definition) is 5. The van der Waals surface area contributed by atoms with Crippen molar-refractivity contribution in [3.8, 4) is 0 Å². The SMILES string of the molecule is O=C(/C=C/c1ccc([N+](=O)[O-])cc1)Nc1nc2ccc3ccccc3c2s1. The van der Waals surface area contributed by atoms with E-state index >= 15 is 0 Å². The topological polar surface area (TPSA) is 85.1 Å². The minimum absolute atomic E-state index is 0.0123. The van der Waals surface area contributed by atoms with Crippen LogP contribution in [0.25, 0.3) is 27.1 Å². The van der Waals surface area contributed by atoms with Gasteiger partial charge in [0, 0.05) is 23.6 Å². The molecule has 0 aliphatic carbocycles.